The van der Waals surface area contributed by atoms with Gasteiger partial charge >= 0.3 is 5.97 Å². The average Bonchev–Trinajstić information content (AvgIpc) is 2.67. The Morgan fingerprint density at radius 1 is 1.35 bits per heavy atom. The van der Waals surface area contributed by atoms with Crippen molar-refractivity contribution in [2.45, 2.75) is 57.5 Å². The zero-order chi connectivity index (χ0) is 18.6. The highest BCUT2D eigenvalue weighted by Gasteiger charge is 2.32. The Bertz CT molecular complexity index is 500. The maximum atomic E-state index is 12.2. The van der Waals surface area contributed by atoms with Crippen molar-refractivity contribution in [3.05, 3.63) is 35.9 Å². The Balaban J connectivity index is 1.73. The second-order valence-corrected chi connectivity index (χ2v) is 6.40. The Morgan fingerprint density at radius 2 is 2.15 bits per heavy atom. The van der Waals surface area contributed by atoms with Crippen molar-refractivity contribution in [1.82, 2.24) is 0 Å². The van der Waals surface area contributed by atoms with Crippen LogP contribution < -0.4 is 0 Å². The zero-order valence-electron chi connectivity index (χ0n) is 15.5. The molecule has 2 unspecified atom stereocenters. The summed E-state index contributed by atoms with van der Waals surface area (Å²) in [6.45, 7) is 4.20. The van der Waals surface area contributed by atoms with Crippen molar-refractivity contribution >= 4 is 5.97 Å². The number of hydrogen-bond donors (Lipinski definition) is 1. The van der Waals surface area contributed by atoms with Gasteiger partial charge in [0.05, 0.1) is 32.0 Å². The summed E-state index contributed by atoms with van der Waals surface area (Å²) in [5, 5.41) is 10.4. The fourth-order valence-electron chi connectivity index (χ4n) is 2.86. The van der Waals surface area contributed by atoms with E-state index in [2.05, 4.69) is 0 Å². The molecular formula is C20H30O6. The molecule has 146 valence electrons. The van der Waals surface area contributed by atoms with Crippen molar-refractivity contribution in [1.29, 1.82) is 0 Å². The number of aliphatic hydroxyl groups excluding tert-OH is 1. The van der Waals surface area contributed by atoms with Crippen LogP contribution in [0.5, 0.6) is 0 Å². The quantitative estimate of drug-likeness (QED) is 0.479. The van der Waals surface area contributed by atoms with Crippen LogP contribution in [0.25, 0.3) is 0 Å². The van der Waals surface area contributed by atoms with E-state index in [-0.39, 0.29) is 12.7 Å². The molecule has 0 radical (unpaired) electrons. The molecule has 1 fully saturated rings. The highest BCUT2D eigenvalue weighted by molar-refractivity contribution is 5.75. The Hall–Kier alpha value is -1.47. The molecule has 1 N–H and O–H groups in total. The predicted molar refractivity (Wildman–Crippen MR) is 96.7 cm³/mol. The van der Waals surface area contributed by atoms with Crippen molar-refractivity contribution in [2.24, 2.45) is 0 Å². The normalized spacial score (nSPS) is 19.7. The number of rotatable bonds is 11. The highest BCUT2D eigenvalue weighted by atomic mass is 16.6. The van der Waals surface area contributed by atoms with Crippen LogP contribution in [0.2, 0.25) is 0 Å². The van der Waals surface area contributed by atoms with E-state index >= 15 is 0 Å². The number of carbonyl (C=O) groups is 1. The van der Waals surface area contributed by atoms with Gasteiger partial charge in [0.15, 0.2) is 6.10 Å². The number of esters is 1. The molecule has 0 saturated carbocycles. The molecular weight excluding hydrogens is 336 g/mol. The smallest absolute Gasteiger partial charge is 0.337 e. The fraction of sp³-hybridized carbons (Fsp3) is 0.650. The number of ether oxygens (including phenoxy) is 4. The van der Waals surface area contributed by atoms with Crippen LogP contribution in [0.4, 0.5) is 0 Å². The van der Waals surface area contributed by atoms with Gasteiger partial charge in [-0.25, -0.2) is 4.79 Å². The van der Waals surface area contributed by atoms with Gasteiger partial charge in [0, 0.05) is 13.2 Å². The number of benzene rings is 1. The Morgan fingerprint density at radius 3 is 2.85 bits per heavy atom. The first kappa shape index (κ1) is 20.8. The first-order valence-electron chi connectivity index (χ1n) is 9.40. The summed E-state index contributed by atoms with van der Waals surface area (Å²) in [5.74, 6) is -0.518. The largest absolute Gasteiger partial charge is 0.464 e. The van der Waals surface area contributed by atoms with Crippen LogP contribution in [0.15, 0.2) is 30.3 Å². The lowest BCUT2D eigenvalue weighted by Gasteiger charge is -2.29. The summed E-state index contributed by atoms with van der Waals surface area (Å²) in [7, 11) is 0. The summed E-state index contributed by atoms with van der Waals surface area (Å²) < 4.78 is 21.9. The van der Waals surface area contributed by atoms with Crippen molar-refractivity contribution in [3.8, 4) is 0 Å². The van der Waals surface area contributed by atoms with Crippen molar-refractivity contribution in [3.63, 3.8) is 0 Å². The minimum Gasteiger partial charge on any atom is -0.464 e. The summed E-state index contributed by atoms with van der Waals surface area (Å²) in [5.41, 5.74) is 1.11. The predicted octanol–water partition coefficient (Wildman–Crippen LogP) is 2.47. The Labute approximate surface area is 155 Å². The monoisotopic (exact) mass is 366 g/mol. The van der Waals surface area contributed by atoms with Crippen molar-refractivity contribution < 1.29 is 28.8 Å². The number of carbonyl (C=O) groups excluding carboxylic acids is 1. The van der Waals surface area contributed by atoms with Crippen LogP contribution in [-0.4, -0.2) is 55.8 Å². The summed E-state index contributed by atoms with van der Waals surface area (Å²) >= 11 is 0. The summed E-state index contributed by atoms with van der Waals surface area (Å²) in [4.78, 5) is 12.2. The molecule has 0 amide bonds. The van der Waals surface area contributed by atoms with E-state index < -0.39 is 18.2 Å². The highest BCUT2D eigenvalue weighted by Crippen LogP contribution is 2.17. The molecule has 26 heavy (non-hydrogen) atoms. The van der Waals surface area contributed by atoms with Gasteiger partial charge in [-0.1, -0.05) is 30.3 Å². The van der Waals surface area contributed by atoms with Gasteiger partial charge in [0.25, 0.3) is 0 Å². The lowest BCUT2D eigenvalue weighted by Crippen LogP contribution is -2.42. The SMILES string of the molecule is CCOC(=O)C(OC1CCCOC1)[C@H](O)CCCOCc1ccccc1. The number of hydrogen-bond acceptors (Lipinski definition) is 6. The maximum Gasteiger partial charge on any atom is 0.337 e. The van der Waals surface area contributed by atoms with Crippen molar-refractivity contribution in [2.75, 3.05) is 26.4 Å². The van der Waals surface area contributed by atoms with E-state index in [4.69, 9.17) is 18.9 Å². The molecule has 0 bridgehead atoms. The molecule has 6 heteroatoms. The van der Waals surface area contributed by atoms with Crippen LogP contribution in [-0.2, 0) is 30.3 Å². The molecule has 0 aromatic heterocycles. The van der Waals surface area contributed by atoms with Gasteiger partial charge < -0.3 is 24.1 Å². The first-order chi connectivity index (χ1) is 12.7. The molecule has 3 atom stereocenters. The maximum absolute atomic E-state index is 12.2. The Kier molecular flexibility index (Phi) is 9.63. The van der Waals surface area contributed by atoms with E-state index in [1.807, 2.05) is 30.3 Å². The molecule has 2 rings (SSSR count). The van der Waals surface area contributed by atoms with Crippen LogP contribution in [0.3, 0.4) is 0 Å². The molecule has 1 saturated heterocycles. The molecule has 1 aromatic carbocycles. The second kappa shape index (κ2) is 12.0. The van der Waals surface area contributed by atoms with E-state index in [0.717, 1.165) is 18.4 Å². The molecule has 1 aliphatic rings. The first-order valence-corrected chi connectivity index (χ1v) is 9.40. The van der Waals surface area contributed by atoms with Gasteiger partial charge in [-0.3, -0.25) is 0 Å². The van der Waals surface area contributed by atoms with E-state index in [0.29, 0.717) is 39.3 Å². The summed E-state index contributed by atoms with van der Waals surface area (Å²) in [6, 6.07) is 9.92. The van der Waals surface area contributed by atoms with Gasteiger partial charge in [-0.15, -0.1) is 0 Å². The van der Waals surface area contributed by atoms with Gasteiger partial charge in [-0.2, -0.15) is 0 Å². The zero-order valence-corrected chi connectivity index (χ0v) is 15.5. The van der Waals surface area contributed by atoms with Gasteiger partial charge in [0.2, 0.25) is 0 Å². The lowest BCUT2D eigenvalue weighted by atomic mass is 10.1. The molecule has 1 heterocycles. The van der Waals surface area contributed by atoms with Crippen LogP contribution >= 0.6 is 0 Å². The molecule has 0 spiro atoms. The standard InChI is InChI=1S/C20H30O6/c1-2-25-20(22)19(26-17-10-6-12-24-15-17)18(21)11-7-13-23-14-16-8-4-3-5-9-16/h3-5,8-9,17-19,21H,2,6-7,10-15H2,1H3/t17?,18-,19?/m1/s1. The molecule has 6 nitrogen and oxygen atoms in total. The van der Waals surface area contributed by atoms with Crippen LogP contribution in [0.1, 0.15) is 38.2 Å². The molecule has 0 aliphatic carbocycles. The third-order valence-corrected chi connectivity index (χ3v) is 4.23. The minimum absolute atomic E-state index is 0.179. The van der Waals surface area contributed by atoms with Gasteiger partial charge in [-0.05, 0) is 38.2 Å². The molecule has 1 aromatic rings. The van der Waals surface area contributed by atoms with E-state index in [1.54, 1.807) is 6.92 Å². The minimum atomic E-state index is -0.976. The lowest BCUT2D eigenvalue weighted by molar-refractivity contribution is -0.177. The third-order valence-electron chi connectivity index (χ3n) is 4.23. The molecule has 1 aliphatic heterocycles. The van der Waals surface area contributed by atoms with E-state index in [1.165, 1.54) is 0 Å². The fourth-order valence-corrected chi connectivity index (χ4v) is 2.86. The average molecular weight is 366 g/mol. The number of aliphatic hydroxyl groups is 1. The van der Waals surface area contributed by atoms with E-state index in [9.17, 15) is 9.90 Å². The van der Waals surface area contributed by atoms with Gasteiger partial charge in [0.1, 0.15) is 0 Å². The topological polar surface area (TPSA) is 74.2 Å². The second-order valence-electron chi connectivity index (χ2n) is 6.40. The summed E-state index contributed by atoms with van der Waals surface area (Å²) in [6.07, 6.45) is 0.682. The third kappa shape index (κ3) is 7.41. The van der Waals surface area contributed by atoms with Crippen LogP contribution in [0, 0.1) is 0 Å².